The summed E-state index contributed by atoms with van der Waals surface area (Å²) in [6.45, 7) is 11.0. The second-order valence-electron chi connectivity index (χ2n) is 10.8. The summed E-state index contributed by atoms with van der Waals surface area (Å²) in [5.41, 5.74) is 2.51. The Morgan fingerprint density at radius 3 is 2.63 bits per heavy atom. The lowest BCUT2D eigenvalue weighted by Gasteiger charge is -2.36. The first kappa shape index (κ1) is 26.5. The second kappa shape index (κ2) is 12.6. The molecule has 3 heterocycles. The van der Waals surface area contributed by atoms with Crippen LogP contribution in [-0.2, 0) is 11.2 Å². The van der Waals surface area contributed by atoms with E-state index in [0.717, 1.165) is 89.2 Å². The number of aryl methyl sites for hydroxylation is 1. The van der Waals surface area contributed by atoms with Crippen molar-refractivity contribution in [3.05, 3.63) is 60.2 Å². The molecule has 202 valence electrons. The third-order valence-corrected chi connectivity index (χ3v) is 8.02. The van der Waals surface area contributed by atoms with E-state index in [2.05, 4.69) is 65.3 Å². The minimum absolute atomic E-state index is 0.0335. The predicted molar refractivity (Wildman–Crippen MR) is 156 cm³/mol. The van der Waals surface area contributed by atoms with Gasteiger partial charge in [0.05, 0.1) is 6.61 Å². The fraction of sp³-hybridized carbons (Fsp3) is 0.500. The number of pyridine rings is 1. The molecular formula is C32H42N4O2. The highest BCUT2D eigenvalue weighted by atomic mass is 16.5. The van der Waals surface area contributed by atoms with E-state index in [1.54, 1.807) is 0 Å². The molecule has 38 heavy (non-hydrogen) atoms. The molecule has 1 unspecified atom stereocenters. The van der Waals surface area contributed by atoms with Crippen LogP contribution in [0.5, 0.6) is 5.88 Å². The van der Waals surface area contributed by atoms with Gasteiger partial charge in [0.15, 0.2) is 0 Å². The summed E-state index contributed by atoms with van der Waals surface area (Å²) in [5.74, 6) is 1.67. The fourth-order valence-corrected chi connectivity index (χ4v) is 5.85. The largest absolute Gasteiger partial charge is 0.478 e. The Morgan fingerprint density at radius 2 is 1.79 bits per heavy atom. The van der Waals surface area contributed by atoms with Crippen LogP contribution in [0.1, 0.15) is 51.5 Å². The average Bonchev–Trinajstić information content (AvgIpc) is 2.96. The number of unbranched alkanes of at least 4 members (excludes halogenated alkanes) is 1. The van der Waals surface area contributed by atoms with Crippen LogP contribution in [0.15, 0.2) is 54.6 Å². The lowest BCUT2D eigenvalue weighted by molar-refractivity contribution is -0.122. The summed E-state index contributed by atoms with van der Waals surface area (Å²) in [7, 11) is 0. The molecule has 0 N–H and O–H groups in total. The van der Waals surface area contributed by atoms with Gasteiger partial charge in [-0.15, -0.1) is 0 Å². The van der Waals surface area contributed by atoms with Gasteiger partial charge in [-0.2, -0.15) is 4.98 Å². The number of anilines is 2. The van der Waals surface area contributed by atoms with E-state index in [9.17, 15) is 4.79 Å². The number of ether oxygens (including phenoxy) is 1. The van der Waals surface area contributed by atoms with E-state index in [1.807, 2.05) is 17.9 Å². The molecule has 1 aromatic heterocycles. The highest BCUT2D eigenvalue weighted by molar-refractivity contribution is 5.95. The van der Waals surface area contributed by atoms with Gasteiger partial charge in [0.1, 0.15) is 5.82 Å². The molecule has 2 aliphatic rings. The molecule has 2 aromatic carbocycles. The fourth-order valence-electron chi connectivity index (χ4n) is 5.85. The first-order valence-electron chi connectivity index (χ1n) is 14.5. The quantitative estimate of drug-likeness (QED) is 0.314. The number of piperazine rings is 1. The number of carbonyl (C=O) groups is 1. The maximum absolute atomic E-state index is 13.0. The van der Waals surface area contributed by atoms with Crippen LogP contribution in [0, 0.1) is 5.92 Å². The van der Waals surface area contributed by atoms with Crippen molar-refractivity contribution >= 4 is 28.2 Å². The minimum Gasteiger partial charge on any atom is -0.478 e. The molecule has 1 atom stereocenters. The summed E-state index contributed by atoms with van der Waals surface area (Å²) in [6.07, 6.45) is 6.01. The van der Waals surface area contributed by atoms with Crippen molar-refractivity contribution in [1.29, 1.82) is 0 Å². The molecule has 0 aliphatic carbocycles. The summed E-state index contributed by atoms with van der Waals surface area (Å²) in [6, 6.07) is 19.4. The van der Waals surface area contributed by atoms with Gasteiger partial charge in [0.2, 0.25) is 11.8 Å². The van der Waals surface area contributed by atoms with Gasteiger partial charge >= 0.3 is 0 Å². The maximum Gasteiger partial charge on any atom is 0.230 e. The third-order valence-electron chi connectivity index (χ3n) is 8.02. The zero-order chi connectivity index (χ0) is 26.3. The Kier molecular flexibility index (Phi) is 8.79. The number of nitrogens with zero attached hydrogens (tertiary/aromatic N) is 4. The number of hydrogen-bond donors (Lipinski definition) is 0. The zero-order valence-electron chi connectivity index (χ0n) is 23.1. The van der Waals surface area contributed by atoms with E-state index in [1.165, 1.54) is 16.5 Å². The predicted octanol–water partition coefficient (Wildman–Crippen LogP) is 5.93. The summed E-state index contributed by atoms with van der Waals surface area (Å²) in [5, 5.41) is 2.66. The van der Waals surface area contributed by atoms with Crippen molar-refractivity contribution in [2.75, 3.05) is 55.7 Å². The standard InChI is InChI=1S/C32H42N4O2/c1-3-10-25(2)32(37)36-19-9-13-27-16-17-30(33-31(27)36)38-24-7-6-18-34-20-22-35(23-21-34)29-15-8-12-26-11-4-5-14-28(26)29/h4-5,8,11-12,14-17,25H,3,6-7,9-10,13,18-24H2,1-2H3. The van der Waals surface area contributed by atoms with Crippen LogP contribution in [0.3, 0.4) is 0 Å². The van der Waals surface area contributed by atoms with E-state index >= 15 is 0 Å². The normalized spacial score (nSPS) is 16.9. The SMILES string of the molecule is CCCC(C)C(=O)N1CCCc2ccc(OCCCCN3CCN(c4cccc5ccccc45)CC3)nc21. The smallest absolute Gasteiger partial charge is 0.230 e. The van der Waals surface area contributed by atoms with Gasteiger partial charge in [-0.05, 0) is 61.7 Å². The van der Waals surface area contributed by atoms with Crippen LogP contribution in [0.2, 0.25) is 0 Å². The Hall–Kier alpha value is -3.12. The molecule has 1 saturated heterocycles. The van der Waals surface area contributed by atoms with Crippen molar-refractivity contribution in [3.63, 3.8) is 0 Å². The van der Waals surface area contributed by atoms with E-state index in [4.69, 9.17) is 9.72 Å². The molecule has 1 amide bonds. The first-order valence-corrected chi connectivity index (χ1v) is 14.5. The van der Waals surface area contributed by atoms with Gasteiger partial charge in [-0.1, -0.05) is 56.7 Å². The monoisotopic (exact) mass is 514 g/mol. The van der Waals surface area contributed by atoms with Crippen LogP contribution in [0.4, 0.5) is 11.5 Å². The lowest BCUT2D eigenvalue weighted by atomic mass is 10.0. The molecule has 0 bridgehead atoms. The zero-order valence-corrected chi connectivity index (χ0v) is 23.1. The van der Waals surface area contributed by atoms with Crippen LogP contribution in [-0.4, -0.2) is 61.7 Å². The average molecular weight is 515 g/mol. The highest BCUT2D eigenvalue weighted by Crippen LogP contribution is 2.30. The van der Waals surface area contributed by atoms with Crippen LogP contribution >= 0.6 is 0 Å². The molecular weight excluding hydrogens is 472 g/mol. The Morgan fingerprint density at radius 1 is 0.974 bits per heavy atom. The molecule has 3 aromatic rings. The number of hydrogen-bond acceptors (Lipinski definition) is 5. The topological polar surface area (TPSA) is 48.9 Å². The van der Waals surface area contributed by atoms with Crippen molar-refractivity contribution < 1.29 is 9.53 Å². The van der Waals surface area contributed by atoms with Crippen molar-refractivity contribution in [1.82, 2.24) is 9.88 Å². The van der Waals surface area contributed by atoms with Gasteiger partial charge in [-0.25, -0.2) is 0 Å². The summed E-state index contributed by atoms with van der Waals surface area (Å²) < 4.78 is 6.04. The van der Waals surface area contributed by atoms with E-state index in [-0.39, 0.29) is 11.8 Å². The van der Waals surface area contributed by atoms with E-state index < -0.39 is 0 Å². The Bertz CT molecular complexity index is 1220. The molecule has 0 saturated carbocycles. The van der Waals surface area contributed by atoms with Gasteiger partial charge in [0.25, 0.3) is 0 Å². The van der Waals surface area contributed by atoms with Gasteiger partial charge in [0, 0.05) is 55.8 Å². The van der Waals surface area contributed by atoms with Crippen LogP contribution in [0.25, 0.3) is 10.8 Å². The molecule has 6 heteroatoms. The molecule has 0 spiro atoms. The van der Waals surface area contributed by atoms with E-state index in [0.29, 0.717) is 12.5 Å². The van der Waals surface area contributed by atoms with Crippen molar-refractivity contribution in [2.24, 2.45) is 5.92 Å². The third kappa shape index (κ3) is 6.12. The molecule has 1 fully saturated rings. The molecule has 2 aliphatic heterocycles. The number of amides is 1. The van der Waals surface area contributed by atoms with Crippen molar-refractivity contribution in [3.8, 4) is 5.88 Å². The second-order valence-corrected chi connectivity index (χ2v) is 10.8. The number of aromatic nitrogens is 1. The molecule has 6 nitrogen and oxygen atoms in total. The lowest BCUT2D eigenvalue weighted by Crippen LogP contribution is -2.46. The first-order chi connectivity index (χ1) is 18.6. The summed E-state index contributed by atoms with van der Waals surface area (Å²) in [4.78, 5) is 24.8. The number of carbonyl (C=O) groups excluding carboxylic acids is 1. The highest BCUT2D eigenvalue weighted by Gasteiger charge is 2.27. The van der Waals surface area contributed by atoms with Crippen molar-refractivity contribution in [2.45, 2.75) is 52.4 Å². The van der Waals surface area contributed by atoms with Gasteiger partial charge in [-0.3, -0.25) is 14.6 Å². The Labute approximate surface area is 227 Å². The molecule has 0 radical (unpaired) electrons. The minimum atomic E-state index is 0.0335. The maximum atomic E-state index is 13.0. The molecule has 5 rings (SSSR count). The van der Waals surface area contributed by atoms with Gasteiger partial charge < -0.3 is 9.64 Å². The number of benzene rings is 2. The van der Waals surface area contributed by atoms with Crippen LogP contribution < -0.4 is 14.5 Å². The summed E-state index contributed by atoms with van der Waals surface area (Å²) >= 11 is 0. The number of rotatable bonds is 10. The number of fused-ring (bicyclic) bond motifs is 2. The Balaban J connectivity index is 1.06.